The standard InChI is InChI=1S/C15H25N3O2/c1-2-10-20-11-6-15(19)18-9-4-8-17-13-14-5-3-7-16-12-14/h3,5,7,12,17H,2,4,6,8-11,13H2,1H3,(H,18,19). The molecule has 0 spiro atoms. The van der Waals surface area contributed by atoms with Crippen molar-refractivity contribution in [2.24, 2.45) is 0 Å². The van der Waals surface area contributed by atoms with Crippen LogP contribution in [-0.4, -0.2) is 37.2 Å². The minimum absolute atomic E-state index is 0.0633. The average Bonchev–Trinajstić information content (AvgIpc) is 2.48. The fraction of sp³-hybridized carbons (Fsp3) is 0.600. The van der Waals surface area contributed by atoms with Gasteiger partial charge in [0, 0.05) is 38.5 Å². The predicted molar refractivity (Wildman–Crippen MR) is 79.3 cm³/mol. The van der Waals surface area contributed by atoms with Crippen molar-refractivity contribution in [1.82, 2.24) is 15.6 Å². The van der Waals surface area contributed by atoms with Crippen LogP contribution >= 0.6 is 0 Å². The molecule has 20 heavy (non-hydrogen) atoms. The van der Waals surface area contributed by atoms with Crippen molar-refractivity contribution in [3.63, 3.8) is 0 Å². The highest BCUT2D eigenvalue weighted by Crippen LogP contribution is 1.94. The molecule has 5 nitrogen and oxygen atoms in total. The average molecular weight is 279 g/mol. The number of pyridine rings is 1. The normalized spacial score (nSPS) is 10.4. The van der Waals surface area contributed by atoms with Crippen LogP contribution in [0.2, 0.25) is 0 Å². The number of ether oxygens (including phenoxy) is 1. The van der Waals surface area contributed by atoms with Gasteiger partial charge in [-0.3, -0.25) is 9.78 Å². The third kappa shape index (κ3) is 8.61. The number of amides is 1. The Kier molecular flexibility index (Phi) is 9.44. The van der Waals surface area contributed by atoms with Crippen LogP contribution in [0.25, 0.3) is 0 Å². The number of nitrogens with one attached hydrogen (secondary N) is 2. The maximum Gasteiger partial charge on any atom is 0.222 e. The molecule has 1 amide bonds. The van der Waals surface area contributed by atoms with Gasteiger partial charge < -0.3 is 15.4 Å². The molecule has 0 fully saturated rings. The fourth-order valence-electron chi connectivity index (χ4n) is 1.68. The van der Waals surface area contributed by atoms with Crippen molar-refractivity contribution in [1.29, 1.82) is 0 Å². The monoisotopic (exact) mass is 279 g/mol. The largest absolute Gasteiger partial charge is 0.381 e. The molecule has 0 saturated carbocycles. The molecule has 0 aliphatic rings. The Morgan fingerprint density at radius 2 is 2.25 bits per heavy atom. The quantitative estimate of drug-likeness (QED) is 0.603. The smallest absolute Gasteiger partial charge is 0.222 e. The third-order valence-electron chi connectivity index (χ3n) is 2.73. The maximum absolute atomic E-state index is 11.4. The summed E-state index contributed by atoms with van der Waals surface area (Å²) in [6.07, 6.45) is 5.98. The van der Waals surface area contributed by atoms with Gasteiger partial charge in [-0.15, -0.1) is 0 Å². The van der Waals surface area contributed by atoms with Crippen LogP contribution in [0.5, 0.6) is 0 Å². The van der Waals surface area contributed by atoms with Crippen molar-refractivity contribution in [3.8, 4) is 0 Å². The molecule has 112 valence electrons. The van der Waals surface area contributed by atoms with Gasteiger partial charge in [-0.25, -0.2) is 0 Å². The molecule has 1 heterocycles. The van der Waals surface area contributed by atoms with Crippen LogP contribution in [0, 0.1) is 0 Å². The molecule has 0 unspecified atom stereocenters. The van der Waals surface area contributed by atoms with Crippen LogP contribution < -0.4 is 10.6 Å². The van der Waals surface area contributed by atoms with Crippen molar-refractivity contribution < 1.29 is 9.53 Å². The molecule has 0 radical (unpaired) electrons. The van der Waals surface area contributed by atoms with E-state index in [1.807, 2.05) is 18.3 Å². The molecule has 5 heteroatoms. The molecule has 0 bridgehead atoms. The third-order valence-corrected chi connectivity index (χ3v) is 2.73. The molecule has 1 rings (SSSR count). The van der Waals surface area contributed by atoms with Gasteiger partial charge in [-0.05, 0) is 31.0 Å². The Bertz CT molecular complexity index is 357. The zero-order valence-corrected chi connectivity index (χ0v) is 12.2. The molecule has 0 aliphatic heterocycles. The lowest BCUT2D eigenvalue weighted by atomic mass is 10.3. The van der Waals surface area contributed by atoms with Gasteiger partial charge in [0.2, 0.25) is 5.91 Å². The lowest BCUT2D eigenvalue weighted by Gasteiger charge is -2.07. The highest BCUT2D eigenvalue weighted by Gasteiger charge is 1.99. The van der Waals surface area contributed by atoms with E-state index in [4.69, 9.17) is 4.74 Å². The van der Waals surface area contributed by atoms with Crippen molar-refractivity contribution in [3.05, 3.63) is 30.1 Å². The summed E-state index contributed by atoms with van der Waals surface area (Å²) in [7, 11) is 0. The number of carbonyl (C=O) groups excluding carboxylic acids is 1. The molecule has 0 atom stereocenters. The van der Waals surface area contributed by atoms with Crippen LogP contribution in [-0.2, 0) is 16.1 Å². The number of hydrogen-bond acceptors (Lipinski definition) is 4. The van der Waals surface area contributed by atoms with E-state index in [1.54, 1.807) is 6.20 Å². The van der Waals surface area contributed by atoms with Crippen molar-refractivity contribution >= 4 is 5.91 Å². The Balaban J connectivity index is 1.90. The molecular weight excluding hydrogens is 254 g/mol. The SMILES string of the molecule is CCCOCCC(=O)NCCCNCc1cccnc1. The first-order valence-corrected chi connectivity index (χ1v) is 7.27. The van der Waals surface area contributed by atoms with E-state index in [0.29, 0.717) is 19.6 Å². The summed E-state index contributed by atoms with van der Waals surface area (Å²) in [5.74, 6) is 0.0633. The molecule has 0 aromatic carbocycles. The van der Waals surface area contributed by atoms with E-state index in [9.17, 15) is 4.79 Å². The van der Waals surface area contributed by atoms with Gasteiger partial charge in [-0.2, -0.15) is 0 Å². The topological polar surface area (TPSA) is 63.2 Å². The van der Waals surface area contributed by atoms with E-state index >= 15 is 0 Å². The molecular formula is C15H25N3O2. The second-order valence-corrected chi connectivity index (χ2v) is 4.60. The Hall–Kier alpha value is -1.46. The summed E-state index contributed by atoms with van der Waals surface area (Å²) in [5, 5.41) is 6.21. The van der Waals surface area contributed by atoms with Crippen LogP contribution in [0.15, 0.2) is 24.5 Å². The van der Waals surface area contributed by atoms with E-state index in [2.05, 4.69) is 22.5 Å². The van der Waals surface area contributed by atoms with Gasteiger partial charge in [0.1, 0.15) is 0 Å². The van der Waals surface area contributed by atoms with E-state index in [1.165, 1.54) is 5.56 Å². The van der Waals surface area contributed by atoms with Crippen molar-refractivity contribution in [2.75, 3.05) is 26.3 Å². The molecule has 1 aromatic heterocycles. The summed E-state index contributed by atoms with van der Waals surface area (Å²) >= 11 is 0. The first-order valence-electron chi connectivity index (χ1n) is 7.27. The summed E-state index contributed by atoms with van der Waals surface area (Å²) in [6.45, 7) is 5.68. The number of nitrogens with zero attached hydrogens (tertiary/aromatic N) is 1. The summed E-state index contributed by atoms with van der Waals surface area (Å²) < 4.78 is 5.27. The van der Waals surface area contributed by atoms with Crippen LogP contribution in [0.3, 0.4) is 0 Å². The first-order chi connectivity index (χ1) is 9.83. The fourth-order valence-corrected chi connectivity index (χ4v) is 1.68. The van der Waals surface area contributed by atoms with Crippen LogP contribution in [0.1, 0.15) is 31.7 Å². The van der Waals surface area contributed by atoms with Gasteiger partial charge in [-0.1, -0.05) is 13.0 Å². The van der Waals surface area contributed by atoms with E-state index < -0.39 is 0 Å². The number of rotatable bonds is 11. The zero-order chi connectivity index (χ0) is 14.5. The molecule has 2 N–H and O–H groups in total. The predicted octanol–water partition coefficient (Wildman–Crippen LogP) is 1.49. The Morgan fingerprint density at radius 1 is 1.35 bits per heavy atom. The Morgan fingerprint density at radius 3 is 3.00 bits per heavy atom. The number of carbonyl (C=O) groups is 1. The highest BCUT2D eigenvalue weighted by molar-refractivity contribution is 5.75. The Labute approximate surface area is 121 Å². The first kappa shape index (κ1) is 16.6. The molecule has 0 saturated heterocycles. The lowest BCUT2D eigenvalue weighted by molar-refractivity contribution is -0.122. The number of aromatic nitrogens is 1. The summed E-state index contributed by atoms with van der Waals surface area (Å²) in [5.41, 5.74) is 1.17. The zero-order valence-electron chi connectivity index (χ0n) is 12.2. The number of hydrogen-bond donors (Lipinski definition) is 2. The second kappa shape index (κ2) is 11.4. The van der Waals surface area contributed by atoms with Crippen LogP contribution in [0.4, 0.5) is 0 Å². The van der Waals surface area contributed by atoms with E-state index in [0.717, 1.165) is 32.5 Å². The maximum atomic E-state index is 11.4. The minimum Gasteiger partial charge on any atom is -0.381 e. The molecule has 0 aliphatic carbocycles. The summed E-state index contributed by atoms with van der Waals surface area (Å²) in [4.78, 5) is 15.5. The van der Waals surface area contributed by atoms with Gasteiger partial charge in [0.15, 0.2) is 0 Å². The summed E-state index contributed by atoms with van der Waals surface area (Å²) in [6, 6.07) is 3.97. The molecule has 1 aromatic rings. The van der Waals surface area contributed by atoms with Gasteiger partial charge in [0.25, 0.3) is 0 Å². The minimum atomic E-state index is 0.0633. The second-order valence-electron chi connectivity index (χ2n) is 4.60. The van der Waals surface area contributed by atoms with Gasteiger partial charge in [0.05, 0.1) is 6.61 Å². The van der Waals surface area contributed by atoms with Crippen molar-refractivity contribution in [2.45, 2.75) is 32.7 Å². The van der Waals surface area contributed by atoms with E-state index in [-0.39, 0.29) is 5.91 Å². The lowest BCUT2D eigenvalue weighted by Crippen LogP contribution is -2.28. The van der Waals surface area contributed by atoms with Gasteiger partial charge >= 0.3 is 0 Å². The highest BCUT2D eigenvalue weighted by atomic mass is 16.5.